The Morgan fingerprint density at radius 3 is 1.97 bits per heavy atom. The van der Waals surface area contributed by atoms with Crippen LogP contribution in [0.4, 0.5) is 0 Å². The molecule has 3 aromatic carbocycles. The van der Waals surface area contributed by atoms with Crippen molar-refractivity contribution < 1.29 is 0 Å². The van der Waals surface area contributed by atoms with Crippen LogP contribution in [0, 0.1) is 0 Å². The Hall–Kier alpha value is -5.29. The van der Waals surface area contributed by atoms with Crippen molar-refractivity contribution in [2.75, 3.05) is 0 Å². The second kappa shape index (κ2) is 8.11. The van der Waals surface area contributed by atoms with E-state index in [9.17, 15) is 0 Å². The van der Waals surface area contributed by atoms with E-state index in [-0.39, 0.29) is 0 Å². The summed E-state index contributed by atoms with van der Waals surface area (Å²) in [6.45, 7) is 0. The fourth-order valence-corrected chi connectivity index (χ4v) is 5.54. The number of aromatic nitrogens is 5. The van der Waals surface area contributed by atoms with Gasteiger partial charge in [0.25, 0.3) is 0 Å². The van der Waals surface area contributed by atoms with Gasteiger partial charge in [0, 0.05) is 34.7 Å². The summed E-state index contributed by atoms with van der Waals surface area (Å²) in [6, 6.07) is 39.8. The molecular weight excluding hydrogens is 466 g/mol. The highest BCUT2D eigenvalue weighted by molar-refractivity contribution is 6.14. The monoisotopic (exact) mass is 487 g/mol. The predicted octanol–water partition coefficient (Wildman–Crippen LogP) is 7.73. The van der Waals surface area contributed by atoms with Gasteiger partial charge in [0.05, 0.1) is 33.3 Å². The molecule has 0 saturated carbocycles. The Balaban J connectivity index is 1.45. The van der Waals surface area contributed by atoms with Crippen LogP contribution in [-0.4, -0.2) is 24.1 Å². The van der Waals surface area contributed by atoms with Crippen molar-refractivity contribution in [3.05, 3.63) is 128 Å². The first kappa shape index (κ1) is 20.9. The number of nitrogens with zero attached hydrogens (tertiary/aromatic N) is 5. The molecule has 0 amide bonds. The highest BCUT2D eigenvalue weighted by Gasteiger charge is 2.20. The topological polar surface area (TPSA) is 48.5 Å². The zero-order chi connectivity index (χ0) is 25.1. The van der Waals surface area contributed by atoms with Crippen LogP contribution < -0.4 is 0 Å². The average Bonchev–Trinajstić information content (AvgIpc) is 3.49. The maximum absolute atomic E-state index is 5.28. The third kappa shape index (κ3) is 3.02. The van der Waals surface area contributed by atoms with E-state index in [2.05, 4.69) is 99.0 Å². The largest absolute Gasteiger partial charge is 0.308 e. The van der Waals surface area contributed by atoms with Gasteiger partial charge in [0.1, 0.15) is 11.0 Å². The standard InChI is InChI=1S/C33H21N5/c1-2-9-23(10-3-1)38-28-14-8-20-35-32(28)33-30(38)21-29-31(36-33)25-11-4-5-13-27(25)37(29)24-17-15-22(16-18-24)26-12-6-7-19-34-26/h1-21H. The lowest BCUT2D eigenvalue weighted by Gasteiger charge is -2.10. The van der Waals surface area contributed by atoms with Gasteiger partial charge in [-0.1, -0.05) is 54.6 Å². The summed E-state index contributed by atoms with van der Waals surface area (Å²) in [4.78, 5) is 14.5. The number of fused-ring (bicyclic) bond motifs is 6. The minimum absolute atomic E-state index is 0.907. The molecule has 0 bridgehead atoms. The molecule has 0 saturated heterocycles. The molecule has 5 nitrogen and oxygen atoms in total. The molecule has 0 radical (unpaired) electrons. The molecule has 38 heavy (non-hydrogen) atoms. The van der Waals surface area contributed by atoms with Crippen molar-refractivity contribution in [3.63, 3.8) is 0 Å². The molecular formula is C33H21N5. The third-order valence-electron chi connectivity index (χ3n) is 7.22. The molecule has 0 aliphatic heterocycles. The fourth-order valence-electron chi connectivity index (χ4n) is 5.54. The van der Waals surface area contributed by atoms with Crippen LogP contribution in [-0.2, 0) is 0 Å². The summed E-state index contributed by atoms with van der Waals surface area (Å²) in [5, 5.41) is 1.12. The molecule has 0 fully saturated rings. The summed E-state index contributed by atoms with van der Waals surface area (Å²) >= 11 is 0. The van der Waals surface area contributed by atoms with E-state index in [1.807, 2.05) is 42.7 Å². The summed E-state index contributed by atoms with van der Waals surface area (Å²) in [5.74, 6) is 0. The van der Waals surface area contributed by atoms with E-state index >= 15 is 0 Å². The Morgan fingerprint density at radius 2 is 1.13 bits per heavy atom. The number of hydrogen-bond donors (Lipinski definition) is 0. The highest BCUT2D eigenvalue weighted by Crippen LogP contribution is 2.37. The van der Waals surface area contributed by atoms with Crippen LogP contribution in [0.5, 0.6) is 0 Å². The van der Waals surface area contributed by atoms with Gasteiger partial charge in [0.15, 0.2) is 0 Å². The number of rotatable bonds is 3. The van der Waals surface area contributed by atoms with Gasteiger partial charge < -0.3 is 9.13 Å². The predicted molar refractivity (Wildman–Crippen MR) is 154 cm³/mol. The molecule has 5 aromatic heterocycles. The molecule has 5 heteroatoms. The number of para-hydroxylation sites is 2. The van der Waals surface area contributed by atoms with Gasteiger partial charge in [-0.25, -0.2) is 4.98 Å². The Bertz CT molecular complexity index is 2110. The van der Waals surface area contributed by atoms with Gasteiger partial charge in [-0.15, -0.1) is 0 Å². The van der Waals surface area contributed by atoms with Crippen LogP contribution >= 0.6 is 0 Å². The van der Waals surface area contributed by atoms with E-state index in [0.717, 1.165) is 66.6 Å². The SMILES string of the molecule is c1ccc(-n2c3cccnc3c3nc4c5ccccc5n(-c5ccc(-c6ccccn6)cc5)c4cc32)cc1. The third-order valence-corrected chi connectivity index (χ3v) is 7.22. The Morgan fingerprint density at radius 1 is 0.447 bits per heavy atom. The van der Waals surface area contributed by atoms with Gasteiger partial charge in [-0.3, -0.25) is 9.97 Å². The van der Waals surface area contributed by atoms with Crippen LogP contribution in [0.3, 0.4) is 0 Å². The van der Waals surface area contributed by atoms with Crippen LogP contribution in [0.15, 0.2) is 128 Å². The maximum Gasteiger partial charge on any atom is 0.116 e. The lowest BCUT2D eigenvalue weighted by molar-refractivity contribution is 1.16. The van der Waals surface area contributed by atoms with Crippen LogP contribution in [0.2, 0.25) is 0 Å². The quantitative estimate of drug-likeness (QED) is 0.256. The molecule has 0 spiro atoms. The Kier molecular flexibility index (Phi) is 4.45. The van der Waals surface area contributed by atoms with E-state index in [0.29, 0.717) is 0 Å². The van der Waals surface area contributed by atoms with Crippen LogP contribution in [0.1, 0.15) is 0 Å². The van der Waals surface area contributed by atoms with Crippen molar-refractivity contribution in [2.45, 2.75) is 0 Å². The zero-order valence-corrected chi connectivity index (χ0v) is 20.4. The smallest absolute Gasteiger partial charge is 0.116 e. The minimum atomic E-state index is 0.907. The average molecular weight is 488 g/mol. The molecule has 0 unspecified atom stereocenters. The number of benzene rings is 3. The van der Waals surface area contributed by atoms with Crippen molar-refractivity contribution in [3.8, 4) is 22.6 Å². The summed E-state index contributed by atoms with van der Waals surface area (Å²) in [6.07, 6.45) is 3.67. The van der Waals surface area contributed by atoms with Crippen molar-refractivity contribution in [1.82, 2.24) is 24.1 Å². The van der Waals surface area contributed by atoms with E-state index in [1.165, 1.54) is 0 Å². The van der Waals surface area contributed by atoms with E-state index in [4.69, 9.17) is 9.97 Å². The highest BCUT2D eigenvalue weighted by atomic mass is 15.0. The molecule has 178 valence electrons. The normalized spacial score (nSPS) is 11.7. The van der Waals surface area contributed by atoms with Gasteiger partial charge in [0.2, 0.25) is 0 Å². The van der Waals surface area contributed by atoms with Gasteiger partial charge in [-0.05, 0) is 60.7 Å². The summed E-state index contributed by atoms with van der Waals surface area (Å²) < 4.78 is 4.57. The molecule has 8 rings (SSSR count). The molecule has 0 aliphatic rings. The molecule has 8 aromatic rings. The minimum Gasteiger partial charge on any atom is -0.308 e. The fraction of sp³-hybridized carbons (Fsp3) is 0. The van der Waals surface area contributed by atoms with Crippen molar-refractivity contribution in [1.29, 1.82) is 0 Å². The van der Waals surface area contributed by atoms with Gasteiger partial charge in [-0.2, -0.15) is 0 Å². The number of hydrogen-bond acceptors (Lipinski definition) is 3. The summed E-state index contributed by atoms with van der Waals surface area (Å²) in [7, 11) is 0. The van der Waals surface area contributed by atoms with E-state index in [1.54, 1.807) is 0 Å². The first-order valence-electron chi connectivity index (χ1n) is 12.6. The molecule has 0 aliphatic carbocycles. The maximum atomic E-state index is 5.28. The van der Waals surface area contributed by atoms with Crippen molar-refractivity contribution >= 4 is 44.0 Å². The molecule has 0 atom stereocenters. The van der Waals surface area contributed by atoms with Gasteiger partial charge >= 0.3 is 0 Å². The van der Waals surface area contributed by atoms with E-state index < -0.39 is 0 Å². The molecule has 0 N–H and O–H groups in total. The lowest BCUT2D eigenvalue weighted by atomic mass is 10.1. The number of pyridine rings is 3. The van der Waals surface area contributed by atoms with Crippen molar-refractivity contribution in [2.24, 2.45) is 0 Å². The molecule has 5 heterocycles. The zero-order valence-electron chi connectivity index (χ0n) is 20.4. The first-order valence-corrected chi connectivity index (χ1v) is 12.6. The second-order valence-electron chi connectivity index (χ2n) is 9.38. The first-order chi connectivity index (χ1) is 18.9. The second-order valence-corrected chi connectivity index (χ2v) is 9.38. The van der Waals surface area contributed by atoms with Crippen LogP contribution in [0.25, 0.3) is 66.6 Å². The lowest BCUT2D eigenvalue weighted by Crippen LogP contribution is -1.96. The Labute approximate surface area is 218 Å². The summed E-state index contributed by atoms with van der Waals surface area (Å²) in [5.41, 5.74) is 11.3.